The lowest BCUT2D eigenvalue weighted by Crippen LogP contribution is -2.23. The molecule has 0 aliphatic carbocycles. The predicted octanol–water partition coefficient (Wildman–Crippen LogP) is 4.85. The van der Waals surface area contributed by atoms with E-state index in [0.717, 1.165) is 39.1 Å². The lowest BCUT2D eigenvalue weighted by atomic mass is 10.1. The van der Waals surface area contributed by atoms with E-state index >= 15 is 0 Å². The van der Waals surface area contributed by atoms with Crippen LogP contribution in [0, 0.1) is 0 Å². The third kappa shape index (κ3) is 2.56. The Morgan fingerprint density at radius 2 is 1.81 bits per heavy atom. The third-order valence-corrected chi connectivity index (χ3v) is 4.84. The summed E-state index contributed by atoms with van der Waals surface area (Å²) in [5, 5.41) is 0.982. The number of pyridine rings is 1. The van der Waals surface area contributed by atoms with Crippen molar-refractivity contribution in [3.8, 4) is 22.5 Å². The number of benzene rings is 2. The number of hydrogen-bond acceptors (Lipinski definition) is 3. The van der Waals surface area contributed by atoms with Gasteiger partial charge in [-0.1, -0.05) is 54.6 Å². The Morgan fingerprint density at radius 1 is 0.963 bits per heavy atom. The van der Waals surface area contributed by atoms with Gasteiger partial charge in [0.25, 0.3) is 0 Å². The summed E-state index contributed by atoms with van der Waals surface area (Å²) in [5.41, 5.74) is 5.65. The maximum absolute atomic E-state index is 12.3. The van der Waals surface area contributed by atoms with Crippen molar-refractivity contribution in [2.45, 2.75) is 0 Å². The maximum Gasteiger partial charge on any atom is 0.414 e. The molecule has 1 N–H and O–H groups in total. The number of carbonyl (C=O) groups is 1. The Bertz CT molecular complexity index is 1120. The van der Waals surface area contributed by atoms with Gasteiger partial charge in [0, 0.05) is 22.7 Å². The molecule has 1 amide bonds. The second kappa shape index (κ2) is 6.29. The van der Waals surface area contributed by atoms with Crippen LogP contribution in [0.1, 0.15) is 0 Å². The van der Waals surface area contributed by atoms with E-state index in [2.05, 4.69) is 9.97 Å². The van der Waals surface area contributed by atoms with Crippen LogP contribution in [0.5, 0.6) is 0 Å². The molecule has 0 spiro atoms. The fourth-order valence-electron chi connectivity index (χ4n) is 3.63. The second-order valence-electron chi connectivity index (χ2n) is 6.42. The Kier molecular flexibility index (Phi) is 3.64. The van der Waals surface area contributed by atoms with E-state index < -0.39 is 0 Å². The fraction of sp³-hybridized carbons (Fsp3) is 0.0909. The molecule has 5 rings (SSSR count). The Labute approximate surface area is 156 Å². The minimum absolute atomic E-state index is 0.309. The molecule has 27 heavy (non-hydrogen) atoms. The number of aromatic nitrogens is 2. The molecule has 3 heterocycles. The summed E-state index contributed by atoms with van der Waals surface area (Å²) in [6.45, 7) is 0.944. The van der Waals surface area contributed by atoms with Crippen LogP contribution in [0.25, 0.3) is 33.4 Å². The van der Waals surface area contributed by atoms with Gasteiger partial charge in [-0.2, -0.15) is 0 Å². The molecule has 0 unspecified atom stereocenters. The molecule has 132 valence electrons. The van der Waals surface area contributed by atoms with Crippen molar-refractivity contribution in [1.82, 2.24) is 9.97 Å². The summed E-state index contributed by atoms with van der Waals surface area (Å²) in [5.74, 6) is 0. The highest BCUT2D eigenvalue weighted by Gasteiger charge is 2.30. The number of carbonyl (C=O) groups excluding carboxylic acids is 1. The van der Waals surface area contributed by atoms with Gasteiger partial charge >= 0.3 is 6.09 Å². The first-order valence-electron chi connectivity index (χ1n) is 8.89. The quantitative estimate of drug-likeness (QED) is 0.571. The standard InChI is InChI=1S/C22H17N3O2/c26-22-25(13-14-27-22)21-17-10-6-9-16(18-11-4-5-12-23-18)20(17)24-19(21)15-7-2-1-3-8-15/h1-12,24H,13-14H2. The van der Waals surface area contributed by atoms with Crippen molar-refractivity contribution >= 4 is 22.7 Å². The number of H-pyrrole nitrogens is 1. The molecular weight excluding hydrogens is 338 g/mol. The van der Waals surface area contributed by atoms with Crippen molar-refractivity contribution < 1.29 is 9.53 Å². The molecule has 0 atom stereocenters. The summed E-state index contributed by atoms with van der Waals surface area (Å²) >= 11 is 0. The van der Waals surface area contributed by atoms with Gasteiger partial charge in [-0.15, -0.1) is 0 Å². The lowest BCUT2D eigenvalue weighted by molar-refractivity contribution is 0.181. The number of anilines is 1. The molecule has 4 aromatic rings. The highest BCUT2D eigenvalue weighted by Crippen LogP contribution is 2.41. The summed E-state index contributed by atoms with van der Waals surface area (Å²) in [6.07, 6.45) is 1.48. The van der Waals surface area contributed by atoms with Crippen LogP contribution in [-0.2, 0) is 4.74 Å². The minimum atomic E-state index is -0.309. The number of para-hydroxylation sites is 1. The minimum Gasteiger partial charge on any atom is -0.447 e. The first-order chi connectivity index (χ1) is 13.3. The summed E-state index contributed by atoms with van der Waals surface area (Å²) in [7, 11) is 0. The zero-order chi connectivity index (χ0) is 18.2. The van der Waals surface area contributed by atoms with Gasteiger partial charge in [-0.25, -0.2) is 4.79 Å². The van der Waals surface area contributed by atoms with Gasteiger partial charge in [0.1, 0.15) is 6.61 Å². The average molecular weight is 355 g/mol. The van der Waals surface area contributed by atoms with Crippen LogP contribution < -0.4 is 4.90 Å². The largest absolute Gasteiger partial charge is 0.447 e. The Morgan fingerprint density at radius 3 is 2.56 bits per heavy atom. The molecule has 1 saturated heterocycles. The van der Waals surface area contributed by atoms with Gasteiger partial charge in [0.2, 0.25) is 0 Å². The third-order valence-electron chi connectivity index (χ3n) is 4.84. The van der Waals surface area contributed by atoms with Crippen molar-refractivity contribution in [1.29, 1.82) is 0 Å². The zero-order valence-corrected chi connectivity index (χ0v) is 14.6. The summed E-state index contributed by atoms with van der Waals surface area (Å²) in [4.78, 5) is 22.1. The summed E-state index contributed by atoms with van der Waals surface area (Å²) < 4.78 is 5.20. The first-order valence-corrected chi connectivity index (χ1v) is 8.89. The molecule has 1 fully saturated rings. The monoisotopic (exact) mass is 355 g/mol. The number of hydrogen-bond donors (Lipinski definition) is 1. The van der Waals surface area contributed by atoms with E-state index in [0.29, 0.717) is 13.2 Å². The molecule has 0 radical (unpaired) electrons. The number of nitrogens with one attached hydrogen (secondary N) is 1. The van der Waals surface area contributed by atoms with Gasteiger partial charge in [0.15, 0.2) is 0 Å². The van der Waals surface area contributed by atoms with Crippen molar-refractivity contribution in [3.63, 3.8) is 0 Å². The van der Waals surface area contributed by atoms with Crippen LogP contribution in [-0.4, -0.2) is 29.2 Å². The smallest absolute Gasteiger partial charge is 0.414 e. The van der Waals surface area contributed by atoms with Crippen molar-refractivity contribution in [2.75, 3.05) is 18.1 Å². The number of rotatable bonds is 3. The Hall–Kier alpha value is -3.60. The van der Waals surface area contributed by atoms with Crippen LogP contribution in [0.3, 0.4) is 0 Å². The molecule has 0 bridgehead atoms. The van der Waals surface area contributed by atoms with Crippen LogP contribution in [0.2, 0.25) is 0 Å². The number of cyclic esters (lactones) is 1. The van der Waals surface area contributed by atoms with E-state index in [1.165, 1.54) is 0 Å². The van der Waals surface area contributed by atoms with Gasteiger partial charge < -0.3 is 9.72 Å². The summed E-state index contributed by atoms with van der Waals surface area (Å²) in [6, 6.07) is 22.0. The zero-order valence-electron chi connectivity index (χ0n) is 14.6. The van der Waals surface area contributed by atoms with Crippen LogP contribution in [0.4, 0.5) is 10.5 Å². The van der Waals surface area contributed by atoms with Crippen molar-refractivity contribution in [2.24, 2.45) is 0 Å². The molecule has 5 nitrogen and oxygen atoms in total. The normalized spacial score (nSPS) is 13.9. The van der Waals surface area contributed by atoms with Crippen LogP contribution >= 0.6 is 0 Å². The first kappa shape index (κ1) is 15.6. The number of nitrogens with zero attached hydrogens (tertiary/aromatic N) is 2. The van der Waals surface area contributed by atoms with Gasteiger partial charge in [-0.05, 0) is 12.1 Å². The maximum atomic E-state index is 12.3. The fourth-order valence-corrected chi connectivity index (χ4v) is 3.63. The molecule has 1 aliphatic rings. The number of aromatic amines is 1. The van der Waals surface area contributed by atoms with E-state index in [4.69, 9.17) is 4.74 Å². The number of amides is 1. The van der Waals surface area contributed by atoms with Crippen molar-refractivity contribution in [3.05, 3.63) is 72.9 Å². The number of fused-ring (bicyclic) bond motifs is 1. The molecule has 2 aromatic carbocycles. The van der Waals surface area contributed by atoms with E-state index in [-0.39, 0.29) is 6.09 Å². The highest BCUT2D eigenvalue weighted by atomic mass is 16.6. The number of ether oxygens (including phenoxy) is 1. The topological polar surface area (TPSA) is 58.2 Å². The molecule has 5 heteroatoms. The van der Waals surface area contributed by atoms with E-state index in [9.17, 15) is 4.79 Å². The predicted molar refractivity (Wildman–Crippen MR) is 106 cm³/mol. The Balaban J connectivity index is 1.81. The molecule has 1 aliphatic heterocycles. The molecular formula is C22H17N3O2. The molecule has 0 saturated carbocycles. The van der Waals surface area contributed by atoms with Gasteiger partial charge in [0.05, 0.1) is 29.1 Å². The SMILES string of the molecule is O=C1OCCN1c1c(-c2ccccc2)[nH]c2c(-c3ccccn3)cccc12. The highest BCUT2D eigenvalue weighted by molar-refractivity contribution is 6.11. The van der Waals surface area contributed by atoms with E-state index in [1.54, 1.807) is 11.1 Å². The van der Waals surface area contributed by atoms with Gasteiger partial charge in [-0.3, -0.25) is 9.88 Å². The second-order valence-corrected chi connectivity index (χ2v) is 6.42. The average Bonchev–Trinajstić information content (AvgIpc) is 3.32. The van der Waals surface area contributed by atoms with E-state index in [1.807, 2.05) is 66.7 Å². The lowest BCUT2D eigenvalue weighted by Gasteiger charge is -2.14. The van der Waals surface area contributed by atoms with Crippen LogP contribution in [0.15, 0.2) is 72.9 Å². The molecule has 2 aromatic heterocycles.